The number of nitrogens with zero attached hydrogens (tertiary/aromatic N) is 5. The molecule has 24 heavy (non-hydrogen) atoms. The van der Waals surface area contributed by atoms with Gasteiger partial charge in [0.05, 0.1) is 11.7 Å². The molecular formula is C15H23N7OS. The lowest BCUT2D eigenvalue weighted by Crippen LogP contribution is -2.41. The van der Waals surface area contributed by atoms with Crippen molar-refractivity contribution in [2.24, 2.45) is 5.92 Å². The molecule has 130 valence electrons. The van der Waals surface area contributed by atoms with E-state index in [-0.39, 0.29) is 17.9 Å². The Bertz CT molecular complexity index is 649. The zero-order valence-corrected chi connectivity index (χ0v) is 14.8. The number of rotatable bonds is 6. The lowest BCUT2D eigenvalue weighted by Gasteiger charge is -2.31. The normalized spacial score (nSPS) is 17.0. The maximum Gasteiger partial charge on any atom is 0.223 e. The molecule has 8 nitrogen and oxygen atoms in total. The third-order valence-electron chi connectivity index (χ3n) is 4.31. The van der Waals surface area contributed by atoms with Crippen LogP contribution < -0.4 is 10.2 Å². The predicted octanol–water partition coefficient (Wildman–Crippen LogP) is 1.84. The Morgan fingerprint density at radius 3 is 2.88 bits per heavy atom. The van der Waals surface area contributed by atoms with E-state index in [0.29, 0.717) is 5.82 Å². The van der Waals surface area contributed by atoms with Gasteiger partial charge in [-0.15, -0.1) is 21.5 Å². The van der Waals surface area contributed by atoms with Crippen molar-refractivity contribution in [1.82, 2.24) is 30.9 Å². The summed E-state index contributed by atoms with van der Waals surface area (Å²) < 4.78 is 0. The number of thiazole rings is 1. The van der Waals surface area contributed by atoms with Gasteiger partial charge in [0.15, 0.2) is 11.0 Å². The SMILES string of the molecule is CCCC(NC(=O)C1CCN(c2nc(C)cs2)CC1)c1nn[nH]n1. The van der Waals surface area contributed by atoms with Crippen LogP contribution in [0.4, 0.5) is 5.13 Å². The molecule has 0 aliphatic carbocycles. The Morgan fingerprint density at radius 1 is 1.50 bits per heavy atom. The second-order valence-electron chi connectivity index (χ2n) is 6.15. The van der Waals surface area contributed by atoms with Gasteiger partial charge < -0.3 is 10.2 Å². The Labute approximate surface area is 145 Å². The van der Waals surface area contributed by atoms with E-state index in [9.17, 15) is 4.79 Å². The number of tetrazole rings is 1. The van der Waals surface area contributed by atoms with Crippen molar-refractivity contribution in [3.63, 3.8) is 0 Å². The zero-order chi connectivity index (χ0) is 16.9. The van der Waals surface area contributed by atoms with Gasteiger partial charge in [0.2, 0.25) is 5.91 Å². The Kier molecular flexibility index (Phi) is 5.39. The van der Waals surface area contributed by atoms with Crippen molar-refractivity contribution in [1.29, 1.82) is 0 Å². The summed E-state index contributed by atoms with van der Waals surface area (Å²) in [5, 5.41) is 20.3. The van der Waals surface area contributed by atoms with Crippen molar-refractivity contribution in [3.05, 3.63) is 16.9 Å². The van der Waals surface area contributed by atoms with Gasteiger partial charge in [0.25, 0.3) is 0 Å². The summed E-state index contributed by atoms with van der Waals surface area (Å²) in [6.07, 6.45) is 3.44. The third kappa shape index (κ3) is 3.89. The smallest absolute Gasteiger partial charge is 0.223 e. The minimum atomic E-state index is -0.166. The number of amides is 1. The van der Waals surface area contributed by atoms with E-state index in [4.69, 9.17) is 0 Å². The number of H-pyrrole nitrogens is 1. The maximum absolute atomic E-state index is 12.6. The number of carbonyl (C=O) groups is 1. The lowest BCUT2D eigenvalue weighted by molar-refractivity contribution is -0.126. The lowest BCUT2D eigenvalue weighted by atomic mass is 9.95. The molecule has 0 aromatic carbocycles. The molecule has 9 heteroatoms. The van der Waals surface area contributed by atoms with Gasteiger partial charge in [-0.2, -0.15) is 5.21 Å². The van der Waals surface area contributed by atoms with Crippen LogP contribution in [-0.2, 0) is 4.79 Å². The van der Waals surface area contributed by atoms with Gasteiger partial charge in [0, 0.05) is 24.4 Å². The monoisotopic (exact) mass is 349 g/mol. The Balaban J connectivity index is 1.54. The molecular weight excluding hydrogens is 326 g/mol. The van der Waals surface area contributed by atoms with E-state index in [1.807, 2.05) is 6.92 Å². The molecule has 0 saturated carbocycles. The molecule has 2 aromatic rings. The number of carbonyl (C=O) groups excluding carboxylic acids is 1. The van der Waals surface area contributed by atoms with Gasteiger partial charge in [-0.1, -0.05) is 18.6 Å². The first-order valence-electron chi connectivity index (χ1n) is 8.38. The highest BCUT2D eigenvalue weighted by molar-refractivity contribution is 7.13. The van der Waals surface area contributed by atoms with Crippen LogP contribution in [-0.4, -0.2) is 44.6 Å². The molecule has 3 rings (SSSR count). The largest absolute Gasteiger partial charge is 0.348 e. The number of hydrogen-bond acceptors (Lipinski definition) is 7. The summed E-state index contributed by atoms with van der Waals surface area (Å²) in [5.74, 6) is 0.683. The van der Waals surface area contributed by atoms with E-state index in [1.54, 1.807) is 11.3 Å². The van der Waals surface area contributed by atoms with E-state index in [0.717, 1.165) is 49.6 Å². The topological polar surface area (TPSA) is 99.7 Å². The minimum Gasteiger partial charge on any atom is -0.348 e. The van der Waals surface area contributed by atoms with Crippen molar-refractivity contribution < 1.29 is 4.79 Å². The zero-order valence-electron chi connectivity index (χ0n) is 14.0. The number of anilines is 1. The fourth-order valence-electron chi connectivity index (χ4n) is 2.98. The molecule has 0 bridgehead atoms. The van der Waals surface area contributed by atoms with Gasteiger partial charge in [-0.05, 0) is 26.2 Å². The number of aromatic amines is 1. The predicted molar refractivity (Wildman–Crippen MR) is 91.8 cm³/mol. The van der Waals surface area contributed by atoms with Crippen LogP contribution >= 0.6 is 11.3 Å². The second kappa shape index (κ2) is 7.69. The highest BCUT2D eigenvalue weighted by Crippen LogP contribution is 2.27. The van der Waals surface area contributed by atoms with Gasteiger partial charge in [0.1, 0.15) is 0 Å². The number of nitrogens with one attached hydrogen (secondary N) is 2. The van der Waals surface area contributed by atoms with E-state index in [1.165, 1.54) is 0 Å². The Hall–Kier alpha value is -2.03. The minimum absolute atomic E-state index is 0.0357. The van der Waals surface area contributed by atoms with Crippen LogP contribution in [0.15, 0.2) is 5.38 Å². The molecule has 1 saturated heterocycles. The van der Waals surface area contributed by atoms with Crippen LogP contribution in [0.1, 0.15) is 50.2 Å². The molecule has 2 aromatic heterocycles. The van der Waals surface area contributed by atoms with Crippen LogP contribution in [0.2, 0.25) is 0 Å². The summed E-state index contributed by atoms with van der Waals surface area (Å²) in [6, 6.07) is -0.166. The summed E-state index contributed by atoms with van der Waals surface area (Å²) in [7, 11) is 0. The first kappa shape index (κ1) is 16.8. The van der Waals surface area contributed by atoms with Gasteiger partial charge >= 0.3 is 0 Å². The van der Waals surface area contributed by atoms with E-state index < -0.39 is 0 Å². The van der Waals surface area contributed by atoms with Crippen molar-refractivity contribution in [2.75, 3.05) is 18.0 Å². The summed E-state index contributed by atoms with van der Waals surface area (Å²) >= 11 is 1.67. The first-order valence-corrected chi connectivity index (χ1v) is 9.26. The first-order chi connectivity index (χ1) is 11.7. The number of hydrogen-bond donors (Lipinski definition) is 2. The molecule has 0 spiro atoms. The molecule has 3 heterocycles. The standard InChI is InChI=1S/C15H23N7OS/c1-3-4-12(13-18-20-21-19-13)17-14(23)11-5-7-22(8-6-11)15-16-10(2)9-24-15/h9,11-12H,3-8H2,1-2H3,(H,17,23)(H,18,19,20,21). The van der Waals surface area contributed by atoms with E-state index in [2.05, 4.69) is 48.1 Å². The fourth-order valence-corrected chi connectivity index (χ4v) is 3.84. The second-order valence-corrected chi connectivity index (χ2v) is 6.99. The van der Waals surface area contributed by atoms with Crippen molar-refractivity contribution in [3.8, 4) is 0 Å². The van der Waals surface area contributed by atoms with Crippen LogP contribution in [0.25, 0.3) is 0 Å². The van der Waals surface area contributed by atoms with E-state index >= 15 is 0 Å². The summed E-state index contributed by atoms with van der Waals surface area (Å²) in [4.78, 5) is 19.4. The Morgan fingerprint density at radius 2 is 2.29 bits per heavy atom. The molecule has 1 fully saturated rings. The molecule has 1 atom stereocenters. The third-order valence-corrected chi connectivity index (χ3v) is 5.33. The van der Waals surface area contributed by atoms with Crippen molar-refractivity contribution >= 4 is 22.4 Å². The average Bonchev–Trinajstić information content (AvgIpc) is 3.26. The summed E-state index contributed by atoms with van der Waals surface area (Å²) in [6.45, 7) is 5.82. The average molecular weight is 349 g/mol. The number of aromatic nitrogens is 5. The maximum atomic E-state index is 12.6. The molecule has 0 radical (unpaired) electrons. The number of aryl methyl sites for hydroxylation is 1. The highest BCUT2D eigenvalue weighted by Gasteiger charge is 2.28. The molecule has 1 aliphatic heterocycles. The fraction of sp³-hybridized carbons (Fsp3) is 0.667. The molecule has 1 unspecified atom stereocenters. The number of piperidine rings is 1. The molecule has 1 aliphatic rings. The highest BCUT2D eigenvalue weighted by atomic mass is 32.1. The molecule has 1 amide bonds. The molecule has 2 N–H and O–H groups in total. The van der Waals surface area contributed by atoms with Gasteiger partial charge in [-0.25, -0.2) is 4.98 Å². The van der Waals surface area contributed by atoms with Crippen molar-refractivity contribution in [2.45, 2.75) is 45.6 Å². The van der Waals surface area contributed by atoms with Crippen LogP contribution in [0, 0.1) is 12.8 Å². The quantitative estimate of drug-likeness (QED) is 0.825. The van der Waals surface area contributed by atoms with Gasteiger partial charge in [-0.3, -0.25) is 4.79 Å². The van der Waals surface area contributed by atoms with Crippen LogP contribution in [0.3, 0.4) is 0 Å². The summed E-state index contributed by atoms with van der Waals surface area (Å²) in [5.41, 5.74) is 1.05. The van der Waals surface area contributed by atoms with Crippen LogP contribution in [0.5, 0.6) is 0 Å².